The molecule has 1 amide bonds. The second kappa shape index (κ2) is 9.65. The predicted octanol–water partition coefficient (Wildman–Crippen LogP) is 2.70. The highest BCUT2D eigenvalue weighted by atomic mass is 19.1. The van der Waals surface area contributed by atoms with Crippen LogP contribution < -0.4 is 15.9 Å². The monoisotopic (exact) mass is 464 g/mol. The van der Waals surface area contributed by atoms with Gasteiger partial charge < -0.3 is 20.3 Å². The van der Waals surface area contributed by atoms with E-state index in [2.05, 4.69) is 15.3 Å². The Morgan fingerprint density at radius 1 is 1.15 bits per heavy atom. The van der Waals surface area contributed by atoms with Gasteiger partial charge in [0, 0.05) is 50.3 Å². The maximum atomic E-state index is 13.4. The Hall–Kier alpha value is -4.34. The van der Waals surface area contributed by atoms with Crippen LogP contribution in [0.5, 0.6) is 5.88 Å². The van der Waals surface area contributed by atoms with Crippen LogP contribution in [-0.2, 0) is 24.2 Å². The standard InChI is InChI=1S/C24H25FN6O3/c1-29(2)19-9-5-17(6-10-19)28-22(32)13-21-23(33)31(20-7-3-16(25)4-8-20)24(34)30(21)12-11-18-14-26-15-27-18/h3-10,14-15,33H,11-13H2,1-2H3,(H,26,27)(H,28,32). The molecule has 0 spiro atoms. The van der Waals surface area contributed by atoms with Gasteiger partial charge in [0.1, 0.15) is 5.82 Å². The fourth-order valence-corrected chi connectivity index (χ4v) is 3.66. The molecule has 0 radical (unpaired) electrons. The van der Waals surface area contributed by atoms with Gasteiger partial charge in [0.15, 0.2) is 0 Å². The van der Waals surface area contributed by atoms with Gasteiger partial charge in [0.25, 0.3) is 0 Å². The van der Waals surface area contributed by atoms with E-state index in [9.17, 15) is 19.1 Å². The smallest absolute Gasteiger partial charge is 0.335 e. The van der Waals surface area contributed by atoms with Gasteiger partial charge in [-0.3, -0.25) is 9.36 Å². The highest BCUT2D eigenvalue weighted by molar-refractivity contribution is 5.92. The number of carbonyl (C=O) groups is 1. The van der Waals surface area contributed by atoms with E-state index in [1.54, 1.807) is 18.3 Å². The molecule has 176 valence electrons. The summed E-state index contributed by atoms with van der Waals surface area (Å²) in [4.78, 5) is 34.9. The van der Waals surface area contributed by atoms with Crippen molar-refractivity contribution in [2.24, 2.45) is 0 Å². The number of aryl methyl sites for hydroxylation is 1. The van der Waals surface area contributed by atoms with Gasteiger partial charge >= 0.3 is 5.69 Å². The summed E-state index contributed by atoms with van der Waals surface area (Å²) in [6.07, 6.45) is 3.39. The van der Waals surface area contributed by atoms with Crippen LogP contribution in [0.25, 0.3) is 5.69 Å². The van der Waals surface area contributed by atoms with Crippen molar-refractivity contribution in [2.75, 3.05) is 24.3 Å². The number of aromatic amines is 1. The molecule has 0 saturated carbocycles. The fraction of sp³-hybridized carbons (Fsp3) is 0.208. The first-order chi connectivity index (χ1) is 16.3. The molecule has 0 bridgehead atoms. The molecule has 9 nitrogen and oxygen atoms in total. The normalized spacial score (nSPS) is 10.9. The molecule has 2 aromatic heterocycles. The third kappa shape index (κ3) is 4.85. The molecule has 0 aliphatic carbocycles. The van der Waals surface area contributed by atoms with Gasteiger partial charge in [-0.05, 0) is 48.5 Å². The summed E-state index contributed by atoms with van der Waals surface area (Å²) in [6, 6.07) is 12.5. The zero-order valence-corrected chi connectivity index (χ0v) is 18.8. The number of imidazole rings is 2. The van der Waals surface area contributed by atoms with Crippen molar-refractivity contribution in [1.82, 2.24) is 19.1 Å². The lowest BCUT2D eigenvalue weighted by Crippen LogP contribution is -2.26. The SMILES string of the molecule is CN(C)c1ccc(NC(=O)Cc2c(O)n(-c3ccc(F)cc3)c(=O)n2CCc2cnc[nH]2)cc1. The first-order valence-electron chi connectivity index (χ1n) is 10.7. The number of nitrogens with one attached hydrogen (secondary N) is 2. The predicted molar refractivity (Wildman–Crippen MR) is 127 cm³/mol. The number of amides is 1. The summed E-state index contributed by atoms with van der Waals surface area (Å²) in [5.41, 5.74) is 2.32. The minimum Gasteiger partial charge on any atom is -0.493 e. The second-order valence-electron chi connectivity index (χ2n) is 8.01. The van der Waals surface area contributed by atoms with Crippen molar-refractivity contribution in [1.29, 1.82) is 0 Å². The molecule has 10 heteroatoms. The van der Waals surface area contributed by atoms with E-state index in [1.165, 1.54) is 35.2 Å². The number of aromatic nitrogens is 4. The maximum Gasteiger partial charge on any atom is 0.335 e. The summed E-state index contributed by atoms with van der Waals surface area (Å²) < 4.78 is 15.8. The van der Waals surface area contributed by atoms with Crippen LogP contribution in [-0.4, -0.2) is 44.2 Å². The average molecular weight is 465 g/mol. The lowest BCUT2D eigenvalue weighted by atomic mass is 10.2. The van der Waals surface area contributed by atoms with E-state index in [-0.39, 0.29) is 30.4 Å². The molecule has 0 aliphatic heterocycles. The van der Waals surface area contributed by atoms with Crippen LogP contribution in [0, 0.1) is 5.82 Å². The number of hydrogen-bond acceptors (Lipinski definition) is 5. The first-order valence-corrected chi connectivity index (χ1v) is 10.7. The highest BCUT2D eigenvalue weighted by Crippen LogP contribution is 2.23. The van der Waals surface area contributed by atoms with E-state index in [0.29, 0.717) is 17.8 Å². The molecule has 0 atom stereocenters. The van der Waals surface area contributed by atoms with Gasteiger partial charge in [-0.25, -0.2) is 18.7 Å². The molecule has 34 heavy (non-hydrogen) atoms. The highest BCUT2D eigenvalue weighted by Gasteiger charge is 2.23. The number of aromatic hydroxyl groups is 1. The van der Waals surface area contributed by atoms with Crippen molar-refractivity contribution < 1.29 is 14.3 Å². The summed E-state index contributed by atoms with van der Waals surface area (Å²) in [6.45, 7) is 0.211. The lowest BCUT2D eigenvalue weighted by molar-refractivity contribution is -0.115. The van der Waals surface area contributed by atoms with Crippen LogP contribution in [0.1, 0.15) is 11.4 Å². The topological polar surface area (TPSA) is 108 Å². The Kier molecular flexibility index (Phi) is 6.48. The second-order valence-corrected chi connectivity index (χ2v) is 8.01. The summed E-state index contributed by atoms with van der Waals surface area (Å²) in [5, 5.41) is 13.7. The molecular formula is C24H25FN6O3. The van der Waals surface area contributed by atoms with E-state index >= 15 is 0 Å². The van der Waals surface area contributed by atoms with Crippen molar-refractivity contribution in [3.05, 3.63) is 88.7 Å². The van der Waals surface area contributed by atoms with E-state index in [4.69, 9.17) is 0 Å². The molecule has 0 fully saturated rings. The molecule has 2 heterocycles. The Labute approximate surface area is 195 Å². The molecule has 0 saturated heterocycles. The molecular weight excluding hydrogens is 439 g/mol. The van der Waals surface area contributed by atoms with E-state index < -0.39 is 11.5 Å². The minimum atomic E-state index is -0.526. The van der Waals surface area contributed by atoms with Gasteiger partial charge in [-0.2, -0.15) is 0 Å². The molecule has 4 aromatic rings. The average Bonchev–Trinajstić information content (AvgIpc) is 3.40. The van der Waals surface area contributed by atoms with Crippen LogP contribution >= 0.6 is 0 Å². The van der Waals surface area contributed by atoms with E-state index in [1.807, 2.05) is 31.1 Å². The third-order valence-corrected chi connectivity index (χ3v) is 5.46. The number of rotatable bonds is 8. The number of halogens is 1. The van der Waals surface area contributed by atoms with Crippen molar-refractivity contribution in [3.63, 3.8) is 0 Å². The van der Waals surface area contributed by atoms with Crippen molar-refractivity contribution in [2.45, 2.75) is 19.4 Å². The maximum absolute atomic E-state index is 13.4. The summed E-state index contributed by atoms with van der Waals surface area (Å²) in [5.74, 6) is -1.21. The van der Waals surface area contributed by atoms with Crippen LogP contribution in [0.2, 0.25) is 0 Å². The van der Waals surface area contributed by atoms with Gasteiger partial charge in [-0.15, -0.1) is 0 Å². The fourth-order valence-electron chi connectivity index (χ4n) is 3.66. The molecule has 2 aromatic carbocycles. The van der Waals surface area contributed by atoms with E-state index in [0.717, 1.165) is 15.9 Å². The number of carbonyl (C=O) groups excluding carboxylic acids is 1. The third-order valence-electron chi connectivity index (χ3n) is 5.46. The van der Waals surface area contributed by atoms with Gasteiger partial charge in [0.05, 0.1) is 24.1 Å². The zero-order valence-electron chi connectivity index (χ0n) is 18.8. The molecule has 0 unspecified atom stereocenters. The minimum absolute atomic E-state index is 0.163. The zero-order chi connectivity index (χ0) is 24.2. The van der Waals surface area contributed by atoms with Crippen LogP contribution in [0.15, 0.2) is 65.8 Å². The molecule has 4 rings (SSSR count). The Morgan fingerprint density at radius 3 is 2.47 bits per heavy atom. The van der Waals surface area contributed by atoms with Crippen LogP contribution in [0.3, 0.4) is 0 Å². The van der Waals surface area contributed by atoms with Gasteiger partial charge in [0.2, 0.25) is 11.8 Å². The Bertz CT molecular complexity index is 1320. The number of hydrogen-bond donors (Lipinski definition) is 3. The number of H-pyrrole nitrogens is 1. The Morgan fingerprint density at radius 2 is 1.85 bits per heavy atom. The molecule has 0 aliphatic rings. The number of benzene rings is 2. The number of nitrogens with zero attached hydrogens (tertiary/aromatic N) is 4. The van der Waals surface area contributed by atoms with Gasteiger partial charge in [-0.1, -0.05) is 0 Å². The summed E-state index contributed by atoms with van der Waals surface area (Å²) >= 11 is 0. The quantitative estimate of drug-likeness (QED) is 0.372. The largest absolute Gasteiger partial charge is 0.493 e. The summed E-state index contributed by atoms with van der Waals surface area (Å²) in [7, 11) is 3.84. The Balaban J connectivity index is 1.63. The van der Waals surface area contributed by atoms with Crippen molar-refractivity contribution >= 4 is 17.3 Å². The van der Waals surface area contributed by atoms with Crippen molar-refractivity contribution in [3.8, 4) is 11.6 Å². The number of anilines is 2. The first kappa shape index (κ1) is 22.8. The molecule has 3 N–H and O–H groups in total. The van der Waals surface area contributed by atoms with Crippen LogP contribution in [0.4, 0.5) is 15.8 Å². The lowest BCUT2D eigenvalue weighted by Gasteiger charge is -2.13.